The fourth-order valence-electron chi connectivity index (χ4n) is 5.00. The van der Waals surface area contributed by atoms with E-state index in [1.54, 1.807) is 0 Å². The van der Waals surface area contributed by atoms with Gasteiger partial charge in [-0.1, -0.05) is 72.8 Å². The summed E-state index contributed by atoms with van der Waals surface area (Å²) in [6, 6.07) is 27.9. The standard InChI is InChI=1S/C34H27NO2/c36-33(29-13-11-25-3-1-5-27(25)21-29)19-23-7-15-31(16-8-23)35-32-17-9-24(10-18-32)20-34(37)30-14-12-26-4-2-6-28(26)22-30/h1-2,5-18,21-22,35H,3-4,19-20H2. The van der Waals surface area contributed by atoms with Crippen LogP contribution in [0.5, 0.6) is 0 Å². The number of hydrogen-bond acceptors (Lipinski definition) is 3. The normalized spacial score (nSPS) is 12.9. The minimum absolute atomic E-state index is 0.130. The lowest BCUT2D eigenvalue weighted by atomic mass is 9.99. The Hall–Kier alpha value is -4.50. The van der Waals surface area contributed by atoms with E-state index >= 15 is 0 Å². The smallest absolute Gasteiger partial charge is 0.167 e. The molecule has 37 heavy (non-hydrogen) atoms. The number of nitrogens with one attached hydrogen (secondary N) is 1. The van der Waals surface area contributed by atoms with Crippen molar-refractivity contribution in [1.29, 1.82) is 0 Å². The number of Topliss-reactive ketones (excluding diaryl/α,β-unsaturated/α-hetero) is 2. The van der Waals surface area contributed by atoms with E-state index in [2.05, 4.69) is 41.8 Å². The maximum Gasteiger partial charge on any atom is 0.167 e. The molecule has 0 heterocycles. The van der Waals surface area contributed by atoms with E-state index < -0.39 is 0 Å². The molecule has 0 amide bonds. The highest BCUT2D eigenvalue weighted by Crippen LogP contribution is 2.24. The highest BCUT2D eigenvalue weighted by Gasteiger charge is 2.13. The number of ketones is 2. The van der Waals surface area contributed by atoms with Crippen molar-refractivity contribution in [3.05, 3.63) is 142 Å². The van der Waals surface area contributed by atoms with E-state index in [0.29, 0.717) is 12.8 Å². The molecule has 0 fully saturated rings. The third kappa shape index (κ3) is 5.07. The van der Waals surface area contributed by atoms with Gasteiger partial charge in [-0.3, -0.25) is 9.59 Å². The fraction of sp³-hybridized carbons (Fsp3) is 0.118. The Labute approximate surface area is 217 Å². The lowest BCUT2D eigenvalue weighted by Crippen LogP contribution is -2.04. The average molecular weight is 482 g/mol. The number of rotatable bonds is 8. The number of carbonyl (C=O) groups excluding carboxylic acids is 2. The van der Waals surface area contributed by atoms with Crippen LogP contribution in [0.3, 0.4) is 0 Å². The van der Waals surface area contributed by atoms with E-state index in [1.165, 1.54) is 11.1 Å². The molecule has 0 saturated heterocycles. The summed E-state index contributed by atoms with van der Waals surface area (Å²) in [4.78, 5) is 25.5. The molecule has 0 atom stereocenters. The third-order valence-electron chi connectivity index (χ3n) is 7.13. The van der Waals surface area contributed by atoms with Crippen molar-refractivity contribution < 1.29 is 9.59 Å². The van der Waals surface area contributed by atoms with E-state index in [0.717, 1.165) is 57.6 Å². The first-order chi connectivity index (χ1) is 18.1. The zero-order valence-corrected chi connectivity index (χ0v) is 20.5. The van der Waals surface area contributed by atoms with Crippen LogP contribution < -0.4 is 5.32 Å². The first-order valence-electron chi connectivity index (χ1n) is 12.7. The third-order valence-corrected chi connectivity index (χ3v) is 7.13. The molecule has 0 aromatic heterocycles. The molecule has 6 rings (SSSR count). The molecular formula is C34H27NO2. The Morgan fingerprint density at radius 1 is 0.568 bits per heavy atom. The molecule has 1 N–H and O–H groups in total. The van der Waals surface area contributed by atoms with Crippen LogP contribution in [0, 0.1) is 0 Å². The molecule has 4 aromatic rings. The van der Waals surface area contributed by atoms with E-state index in [4.69, 9.17) is 0 Å². The summed E-state index contributed by atoms with van der Waals surface area (Å²) >= 11 is 0. The van der Waals surface area contributed by atoms with Crippen LogP contribution in [-0.2, 0) is 25.7 Å². The number of anilines is 2. The van der Waals surface area contributed by atoms with Gasteiger partial charge in [0.15, 0.2) is 11.6 Å². The van der Waals surface area contributed by atoms with Crippen molar-refractivity contribution in [2.75, 3.05) is 5.32 Å². The van der Waals surface area contributed by atoms with E-state index in [-0.39, 0.29) is 11.6 Å². The molecule has 0 radical (unpaired) electrons. The Kier molecular flexibility index (Phi) is 6.11. The summed E-state index contributed by atoms with van der Waals surface area (Å²) in [5, 5.41) is 3.40. The van der Waals surface area contributed by atoms with Gasteiger partial charge in [0, 0.05) is 35.3 Å². The molecule has 2 aliphatic rings. The van der Waals surface area contributed by atoms with Crippen LogP contribution in [0.15, 0.2) is 97.1 Å². The summed E-state index contributed by atoms with van der Waals surface area (Å²) in [6.07, 6.45) is 11.1. The van der Waals surface area contributed by atoms with E-state index in [1.807, 2.05) is 72.8 Å². The number of allylic oxidation sites excluding steroid dienone is 2. The Bertz CT molecular complexity index is 1440. The molecule has 180 valence electrons. The topological polar surface area (TPSA) is 46.2 Å². The van der Waals surface area contributed by atoms with Crippen molar-refractivity contribution in [1.82, 2.24) is 0 Å². The van der Waals surface area contributed by atoms with Gasteiger partial charge in [-0.05, 0) is 82.6 Å². The van der Waals surface area contributed by atoms with Crippen molar-refractivity contribution >= 4 is 35.1 Å². The minimum Gasteiger partial charge on any atom is -0.356 e. The van der Waals surface area contributed by atoms with Gasteiger partial charge in [0.2, 0.25) is 0 Å². The van der Waals surface area contributed by atoms with Crippen LogP contribution in [0.25, 0.3) is 12.2 Å². The number of benzene rings is 4. The summed E-state index contributed by atoms with van der Waals surface area (Å²) in [5.74, 6) is 0.260. The van der Waals surface area contributed by atoms with Crippen LogP contribution in [0.4, 0.5) is 11.4 Å². The van der Waals surface area contributed by atoms with Crippen LogP contribution >= 0.6 is 0 Å². The lowest BCUT2D eigenvalue weighted by Gasteiger charge is -2.09. The molecule has 3 nitrogen and oxygen atoms in total. The predicted molar refractivity (Wildman–Crippen MR) is 151 cm³/mol. The van der Waals surface area contributed by atoms with Gasteiger partial charge in [0.25, 0.3) is 0 Å². The molecule has 0 unspecified atom stereocenters. The largest absolute Gasteiger partial charge is 0.356 e. The fourth-order valence-corrected chi connectivity index (χ4v) is 5.00. The molecule has 2 aliphatic carbocycles. The van der Waals surface area contributed by atoms with Crippen molar-refractivity contribution in [3.8, 4) is 0 Å². The van der Waals surface area contributed by atoms with Crippen LogP contribution in [0.1, 0.15) is 54.1 Å². The van der Waals surface area contributed by atoms with Gasteiger partial charge in [0.05, 0.1) is 0 Å². The summed E-state index contributed by atoms with van der Waals surface area (Å²) < 4.78 is 0. The lowest BCUT2D eigenvalue weighted by molar-refractivity contribution is 0.0984. The molecule has 0 spiro atoms. The molecule has 0 saturated carbocycles. The molecular weight excluding hydrogens is 454 g/mol. The summed E-state index contributed by atoms with van der Waals surface area (Å²) in [7, 11) is 0. The maximum atomic E-state index is 12.8. The number of hydrogen-bond donors (Lipinski definition) is 1. The predicted octanol–water partition coefficient (Wildman–Crippen LogP) is 7.42. The van der Waals surface area contributed by atoms with Gasteiger partial charge in [0.1, 0.15) is 0 Å². The Morgan fingerprint density at radius 3 is 1.43 bits per heavy atom. The van der Waals surface area contributed by atoms with Gasteiger partial charge in [-0.25, -0.2) is 0 Å². The van der Waals surface area contributed by atoms with Gasteiger partial charge >= 0.3 is 0 Å². The van der Waals surface area contributed by atoms with Crippen LogP contribution in [-0.4, -0.2) is 11.6 Å². The molecule has 4 aromatic carbocycles. The summed E-state index contributed by atoms with van der Waals surface area (Å²) in [5.41, 5.74) is 10.3. The second kappa shape index (κ2) is 9.87. The van der Waals surface area contributed by atoms with Gasteiger partial charge < -0.3 is 5.32 Å². The first-order valence-corrected chi connectivity index (χ1v) is 12.7. The SMILES string of the molecule is O=C(Cc1ccc(Nc2ccc(CC(=O)c3ccc4c(c3)C=CC4)cc2)cc1)c1ccc2c(c1)C=CC2. The van der Waals surface area contributed by atoms with Gasteiger partial charge in [-0.2, -0.15) is 0 Å². The second-order valence-corrected chi connectivity index (χ2v) is 9.76. The minimum atomic E-state index is 0.130. The zero-order chi connectivity index (χ0) is 25.2. The quantitative estimate of drug-likeness (QED) is 0.266. The van der Waals surface area contributed by atoms with Crippen LogP contribution in [0.2, 0.25) is 0 Å². The van der Waals surface area contributed by atoms with Crippen molar-refractivity contribution in [2.45, 2.75) is 25.7 Å². The maximum absolute atomic E-state index is 12.8. The average Bonchev–Trinajstić information content (AvgIpc) is 3.59. The van der Waals surface area contributed by atoms with Crippen molar-refractivity contribution in [3.63, 3.8) is 0 Å². The Morgan fingerprint density at radius 2 is 1.00 bits per heavy atom. The number of fused-ring (bicyclic) bond motifs is 2. The van der Waals surface area contributed by atoms with Crippen molar-refractivity contribution in [2.24, 2.45) is 0 Å². The molecule has 3 heteroatoms. The summed E-state index contributed by atoms with van der Waals surface area (Å²) in [6.45, 7) is 0. The van der Waals surface area contributed by atoms with E-state index in [9.17, 15) is 9.59 Å². The molecule has 0 aliphatic heterocycles. The monoisotopic (exact) mass is 481 g/mol. The highest BCUT2D eigenvalue weighted by atomic mass is 16.1. The molecule has 0 bridgehead atoms. The Balaban J connectivity index is 1.05. The second-order valence-electron chi connectivity index (χ2n) is 9.76. The van der Waals surface area contributed by atoms with Gasteiger partial charge in [-0.15, -0.1) is 0 Å². The zero-order valence-electron chi connectivity index (χ0n) is 20.5. The first kappa shape index (κ1) is 22.9. The number of carbonyl (C=O) groups is 2. The highest BCUT2D eigenvalue weighted by molar-refractivity contribution is 5.99.